The van der Waals surface area contributed by atoms with Crippen LogP contribution in [0.5, 0.6) is 6.01 Å². The van der Waals surface area contributed by atoms with Crippen molar-refractivity contribution < 1.29 is 9.53 Å². The molecule has 13 heteroatoms. The lowest BCUT2D eigenvalue weighted by Crippen LogP contribution is -2.26. The smallest absolute Gasteiger partial charge is 0.316 e. The van der Waals surface area contributed by atoms with E-state index in [-0.39, 0.29) is 6.10 Å². The van der Waals surface area contributed by atoms with Gasteiger partial charge in [-0.3, -0.25) is 14.6 Å². The summed E-state index contributed by atoms with van der Waals surface area (Å²) in [5.74, 6) is 1.26. The molecule has 1 unspecified atom stereocenters. The van der Waals surface area contributed by atoms with Gasteiger partial charge in [0, 0.05) is 98.2 Å². The predicted molar refractivity (Wildman–Crippen MR) is 182 cm³/mol. The fourth-order valence-corrected chi connectivity index (χ4v) is 5.44. The number of anilines is 3. The van der Waals surface area contributed by atoms with Crippen LogP contribution in [0.1, 0.15) is 17.7 Å². The third kappa shape index (κ3) is 7.25. The van der Waals surface area contributed by atoms with E-state index in [4.69, 9.17) is 9.72 Å². The number of benzene rings is 1. The van der Waals surface area contributed by atoms with Crippen molar-refractivity contribution in [1.82, 2.24) is 44.6 Å². The van der Waals surface area contributed by atoms with Crippen molar-refractivity contribution in [2.45, 2.75) is 26.4 Å². The van der Waals surface area contributed by atoms with Crippen LogP contribution in [-0.4, -0.2) is 83.7 Å². The highest BCUT2D eigenvalue weighted by atomic mass is 16.5. The molecule has 5 aromatic heterocycles. The molecule has 47 heavy (non-hydrogen) atoms. The van der Waals surface area contributed by atoms with Crippen molar-refractivity contribution in [3.05, 3.63) is 84.8 Å². The Hall–Kier alpha value is -5.69. The Morgan fingerprint density at radius 3 is 2.64 bits per heavy atom. The number of aryl methyl sites for hydroxylation is 3. The predicted octanol–water partition coefficient (Wildman–Crippen LogP) is 4.95. The molecule has 13 nitrogen and oxygen atoms in total. The molecule has 0 spiro atoms. The molecule has 1 fully saturated rings. The Kier molecular flexibility index (Phi) is 9.43. The average molecular weight is 632 g/mol. The minimum absolute atomic E-state index is 0.0502. The monoisotopic (exact) mass is 631 g/mol. The van der Waals surface area contributed by atoms with Gasteiger partial charge in [-0.15, -0.1) is 0 Å². The molecule has 0 aliphatic carbocycles. The van der Waals surface area contributed by atoms with E-state index >= 15 is 0 Å². The van der Waals surface area contributed by atoms with Crippen LogP contribution in [0.15, 0.2) is 73.6 Å². The van der Waals surface area contributed by atoms with Crippen molar-refractivity contribution in [1.29, 1.82) is 0 Å². The van der Waals surface area contributed by atoms with Gasteiger partial charge in [0.15, 0.2) is 5.82 Å². The summed E-state index contributed by atoms with van der Waals surface area (Å²) in [6, 6.07) is 12.4. The highest BCUT2D eigenvalue weighted by molar-refractivity contribution is 6.01. The average Bonchev–Trinajstić information content (AvgIpc) is 3.81. The number of likely N-dealkylation sites (tertiary alicyclic amines) is 1. The maximum absolute atomic E-state index is 10.5. The fourth-order valence-electron chi connectivity index (χ4n) is 5.44. The quantitative estimate of drug-likeness (QED) is 0.186. The van der Waals surface area contributed by atoms with Crippen LogP contribution in [0.25, 0.3) is 33.3 Å². The Morgan fingerprint density at radius 1 is 1.06 bits per heavy atom. The topological polar surface area (TPSA) is 152 Å². The van der Waals surface area contributed by atoms with E-state index in [0.717, 1.165) is 81.8 Å². The summed E-state index contributed by atoms with van der Waals surface area (Å²) in [4.78, 5) is 37.6. The van der Waals surface area contributed by atoms with E-state index in [2.05, 4.69) is 51.6 Å². The van der Waals surface area contributed by atoms with E-state index in [9.17, 15) is 4.79 Å². The van der Waals surface area contributed by atoms with Crippen molar-refractivity contribution in [3.8, 4) is 28.4 Å². The number of carbonyl (C=O) groups excluding carboxylic acids is 1. The molecule has 0 radical (unpaired) electrons. The molecule has 0 amide bonds. The number of aldehydes is 1. The minimum atomic E-state index is 0.0502. The summed E-state index contributed by atoms with van der Waals surface area (Å²) in [5, 5.41) is 11.9. The fraction of sp³-hybridized carbons (Fsp3) is 0.265. The zero-order valence-electron chi connectivity index (χ0n) is 26.8. The molecular weight excluding hydrogens is 594 g/mol. The molecule has 240 valence electrons. The first-order valence-electron chi connectivity index (χ1n) is 15.4. The summed E-state index contributed by atoms with van der Waals surface area (Å²) in [5.41, 5.74) is 8.04. The van der Waals surface area contributed by atoms with Gasteiger partial charge >= 0.3 is 6.01 Å². The van der Waals surface area contributed by atoms with Crippen molar-refractivity contribution in [2.75, 3.05) is 37.3 Å². The molecule has 1 aliphatic heterocycles. The van der Waals surface area contributed by atoms with Crippen molar-refractivity contribution >= 4 is 34.6 Å². The third-order valence-corrected chi connectivity index (χ3v) is 8.02. The number of fused-ring (bicyclic) bond motifs is 1. The zero-order chi connectivity index (χ0) is 32.8. The number of ether oxygens (including phenoxy) is 1. The second-order valence-electron chi connectivity index (χ2n) is 11.3. The molecule has 3 N–H and O–H groups in total. The van der Waals surface area contributed by atoms with E-state index in [1.807, 2.05) is 75.4 Å². The number of pyridine rings is 1. The molecule has 1 aromatic carbocycles. The van der Waals surface area contributed by atoms with Crippen molar-refractivity contribution in [3.63, 3.8) is 0 Å². The number of nitrogens with zero attached hydrogens (tertiary/aromatic N) is 8. The highest BCUT2D eigenvalue weighted by Gasteiger charge is 2.24. The molecule has 0 bridgehead atoms. The Bertz CT molecular complexity index is 1940. The number of nitrogens with one attached hydrogen (secondary N) is 3. The second kappa shape index (κ2) is 14.2. The number of aromatic amines is 1. The lowest BCUT2D eigenvalue weighted by Gasteiger charge is -2.13. The summed E-state index contributed by atoms with van der Waals surface area (Å²) < 4.78 is 7.56. The third-order valence-electron chi connectivity index (χ3n) is 8.02. The number of carbonyl (C=O) groups is 1. The van der Waals surface area contributed by atoms with Gasteiger partial charge < -0.3 is 25.1 Å². The number of rotatable bonds is 9. The Labute approximate surface area is 272 Å². The Morgan fingerprint density at radius 2 is 1.91 bits per heavy atom. The van der Waals surface area contributed by atoms with Gasteiger partial charge in [0.2, 0.25) is 5.95 Å². The maximum Gasteiger partial charge on any atom is 0.316 e. The minimum Gasteiger partial charge on any atom is -0.459 e. The first kappa shape index (κ1) is 31.3. The van der Waals surface area contributed by atoms with Crippen LogP contribution < -0.4 is 15.4 Å². The molecule has 6 heterocycles. The van der Waals surface area contributed by atoms with Gasteiger partial charge in [-0.1, -0.05) is 18.2 Å². The summed E-state index contributed by atoms with van der Waals surface area (Å²) in [6.07, 6.45) is 12.7. The van der Waals surface area contributed by atoms with Crippen LogP contribution in [0, 0.1) is 13.8 Å². The molecule has 6 aromatic rings. The van der Waals surface area contributed by atoms with E-state index in [0.29, 0.717) is 18.5 Å². The van der Waals surface area contributed by atoms with Crippen LogP contribution in [-0.2, 0) is 11.8 Å². The van der Waals surface area contributed by atoms with Crippen molar-refractivity contribution in [2.24, 2.45) is 7.05 Å². The first-order chi connectivity index (χ1) is 22.9. The number of aromatic nitrogens is 8. The van der Waals surface area contributed by atoms with Gasteiger partial charge in [-0.25, -0.2) is 19.9 Å². The van der Waals surface area contributed by atoms with Crippen LogP contribution in [0.2, 0.25) is 0 Å². The van der Waals surface area contributed by atoms with Gasteiger partial charge in [-0.2, -0.15) is 5.10 Å². The van der Waals surface area contributed by atoms with Gasteiger partial charge in [0.25, 0.3) is 0 Å². The first-order valence-corrected chi connectivity index (χ1v) is 15.4. The number of para-hydroxylation sites is 1. The molecule has 7 rings (SSSR count). The largest absolute Gasteiger partial charge is 0.459 e. The van der Waals surface area contributed by atoms with E-state index in [1.54, 1.807) is 24.8 Å². The van der Waals surface area contributed by atoms with E-state index < -0.39 is 0 Å². The zero-order valence-corrected chi connectivity index (χ0v) is 26.8. The van der Waals surface area contributed by atoms with Gasteiger partial charge in [0.1, 0.15) is 12.4 Å². The molecule has 1 aliphatic rings. The molecular formula is C34H37N11O2. The van der Waals surface area contributed by atoms with E-state index in [1.165, 1.54) is 0 Å². The maximum atomic E-state index is 10.5. The summed E-state index contributed by atoms with van der Waals surface area (Å²) >= 11 is 0. The lowest BCUT2D eigenvalue weighted by molar-refractivity contribution is -0.108. The standard InChI is InChI=1S/C19H21N7.C15H16N4O2/c1-11-9-22-19(23-16-8-12(2)26(4)25-16)24-17(11)14-10-21-18-13(14)6-5-7-15(18)20-3;20-7-6-19-5-3-14(11-19)21-15-17-9-13(10-18-15)12-2-1-4-16-8-12/h5-10,20-21H,1-4H3,(H,22,23,24,25);1-2,4,7-10,14H,3,5-6,11H2. The second-order valence-corrected chi connectivity index (χ2v) is 11.3. The Balaban J connectivity index is 0.000000168. The number of hydrogen-bond acceptors (Lipinski definition) is 11. The van der Waals surface area contributed by atoms with Gasteiger partial charge in [-0.05, 0) is 38.0 Å². The number of hydrogen-bond donors (Lipinski definition) is 3. The van der Waals surface area contributed by atoms with Crippen LogP contribution in [0.3, 0.4) is 0 Å². The highest BCUT2D eigenvalue weighted by Crippen LogP contribution is 2.33. The molecule has 1 saturated heterocycles. The lowest BCUT2D eigenvalue weighted by atomic mass is 10.1. The van der Waals surface area contributed by atoms with Crippen LogP contribution >= 0.6 is 0 Å². The van der Waals surface area contributed by atoms with Gasteiger partial charge in [0.05, 0.1) is 23.4 Å². The van der Waals surface area contributed by atoms with Crippen LogP contribution in [0.4, 0.5) is 17.5 Å². The summed E-state index contributed by atoms with van der Waals surface area (Å²) in [6.45, 7) is 6.10. The summed E-state index contributed by atoms with van der Waals surface area (Å²) in [7, 11) is 3.83. The molecule has 1 atom stereocenters. The normalized spacial score (nSPS) is 14.4. The number of H-pyrrole nitrogens is 1. The SMILES string of the molecule is CNc1cccc2c(-c3nc(Nc4cc(C)n(C)n4)ncc3C)c[nH]c12.O=CCN1CCC(Oc2ncc(-c3cccnc3)cn2)C1. The molecule has 0 saturated carbocycles.